The lowest BCUT2D eigenvalue weighted by atomic mass is 9.79. The van der Waals surface area contributed by atoms with Crippen LogP contribution in [0.4, 0.5) is 0 Å². The highest BCUT2D eigenvalue weighted by molar-refractivity contribution is 6.04. The number of nitrogens with one attached hydrogen (secondary N) is 2. The van der Waals surface area contributed by atoms with Gasteiger partial charge in [-0.3, -0.25) is 4.79 Å². The highest BCUT2D eigenvalue weighted by Gasteiger charge is 2.38. The van der Waals surface area contributed by atoms with Crippen LogP contribution in [0.2, 0.25) is 0 Å². The molecule has 0 bridgehead atoms. The molecule has 158 valence electrons. The lowest BCUT2D eigenvalue weighted by molar-refractivity contribution is -0.124. The second kappa shape index (κ2) is 7.43. The zero-order valence-electron chi connectivity index (χ0n) is 17.9. The quantitative estimate of drug-likeness (QED) is 0.508. The maximum atomic E-state index is 12.5. The van der Waals surface area contributed by atoms with E-state index < -0.39 is 0 Å². The number of rotatable bonds is 4. The molecular weight excluding hydrogens is 380 g/mol. The Labute approximate surface area is 175 Å². The molecule has 3 aromatic rings. The Hall–Kier alpha value is -2.86. The van der Waals surface area contributed by atoms with Gasteiger partial charge >= 0.3 is 5.63 Å². The van der Waals surface area contributed by atoms with E-state index in [9.17, 15) is 9.59 Å². The van der Waals surface area contributed by atoms with Crippen LogP contribution in [0.25, 0.3) is 21.7 Å². The van der Waals surface area contributed by atoms with E-state index in [0.29, 0.717) is 16.7 Å². The van der Waals surface area contributed by atoms with Gasteiger partial charge in [-0.1, -0.05) is 18.2 Å². The first-order valence-corrected chi connectivity index (χ1v) is 10.3. The van der Waals surface area contributed by atoms with Gasteiger partial charge in [-0.2, -0.15) is 0 Å². The summed E-state index contributed by atoms with van der Waals surface area (Å²) in [6, 6.07) is 12.7. The van der Waals surface area contributed by atoms with Crippen molar-refractivity contribution in [3.05, 3.63) is 52.9 Å². The molecule has 1 fully saturated rings. The van der Waals surface area contributed by atoms with Crippen LogP contribution in [-0.4, -0.2) is 29.6 Å². The van der Waals surface area contributed by atoms with Crippen LogP contribution >= 0.6 is 0 Å². The van der Waals surface area contributed by atoms with E-state index in [1.807, 2.05) is 24.3 Å². The molecule has 4 rings (SSSR count). The number of carbonyl (C=O) groups excluding carboxylic acids is 1. The van der Waals surface area contributed by atoms with Gasteiger partial charge in [0.1, 0.15) is 11.3 Å². The van der Waals surface area contributed by atoms with Gasteiger partial charge < -0.3 is 19.8 Å². The number of ether oxygens (including phenoxy) is 1. The molecule has 0 unspecified atom stereocenters. The summed E-state index contributed by atoms with van der Waals surface area (Å²) in [5.74, 6) is 0.329. The van der Waals surface area contributed by atoms with E-state index in [2.05, 4.69) is 38.3 Å². The first kappa shape index (κ1) is 20.4. The van der Waals surface area contributed by atoms with Crippen molar-refractivity contribution in [2.75, 3.05) is 6.61 Å². The fraction of sp³-hybridized carbons (Fsp3) is 0.417. The normalized spacial score (nSPS) is 18.4. The summed E-state index contributed by atoms with van der Waals surface area (Å²) in [6.07, 6.45) is 1.72. The molecule has 0 spiro atoms. The van der Waals surface area contributed by atoms with E-state index in [1.165, 1.54) is 0 Å². The fourth-order valence-electron chi connectivity index (χ4n) is 4.79. The Kier molecular flexibility index (Phi) is 5.06. The predicted molar refractivity (Wildman–Crippen MR) is 118 cm³/mol. The monoisotopic (exact) mass is 408 g/mol. The van der Waals surface area contributed by atoms with Gasteiger partial charge in [0, 0.05) is 28.6 Å². The van der Waals surface area contributed by atoms with E-state index in [-0.39, 0.29) is 35.3 Å². The standard InChI is InChI=1S/C24H28N2O4/c1-23(2)12-15(13-24(3,4)26-23)25-21(27)14-29-16-9-10-18-17-7-5-6-8-19(17)22(28)30-20(18)11-16/h5-11,15,26H,12-14H2,1-4H3,(H,25,27). The molecule has 0 aliphatic carbocycles. The van der Waals surface area contributed by atoms with Gasteiger partial charge in [0.25, 0.3) is 5.91 Å². The number of carbonyl (C=O) groups is 1. The van der Waals surface area contributed by atoms with Crippen LogP contribution in [0.3, 0.4) is 0 Å². The lowest BCUT2D eigenvalue weighted by Crippen LogP contribution is -2.62. The molecule has 0 atom stereocenters. The number of hydrogen-bond donors (Lipinski definition) is 2. The topological polar surface area (TPSA) is 80.6 Å². The summed E-state index contributed by atoms with van der Waals surface area (Å²) < 4.78 is 11.1. The third-order valence-corrected chi connectivity index (χ3v) is 5.52. The molecule has 30 heavy (non-hydrogen) atoms. The van der Waals surface area contributed by atoms with Gasteiger partial charge in [-0.05, 0) is 64.1 Å². The molecule has 1 saturated heterocycles. The Bertz CT molecular complexity index is 1150. The van der Waals surface area contributed by atoms with Crippen LogP contribution in [0.15, 0.2) is 51.7 Å². The van der Waals surface area contributed by atoms with Crippen molar-refractivity contribution in [2.24, 2.45) is 0 Å². The first-order valence-electron chi connectivity index (χ1n) is 10.3. The van der Waals surface area contributed by atoms with Crippen LogP contribution in [-0.2, 0) is 4.79 Å². The minimum absolute atomic E-state index is 0.0424. The molecule has 1 aromatic heterocycles. The summed E-state index contributed by atoms with van der Waals surface area (Å²) in [5, 5.41) is 8.92. The summed E-state index contributed by atoms with van der Waals surface area (Å²) in [6.45, 7) is 8.51. The molecule has 2 N–H and O–H groups in total. The molecule has 6 heteroatoms. The number of piperidine rings is 1. The summed E-state index contributed by atoms with van der Waals surface area (Å²) in [4.78, 5) is 24.7. The molecule has 6 nitrogen and oxygen atoms in total. The minimum atomic E-state index is -0.385. The maximum absolute atomic E-state index is 12.5. The van der Waals surface area contributed by atoms with E-state index >= 15 is 0 Å². The summed E-state index contributed by atoms with van der Waals surface area (Å²) in [5.41, 5.74) is -0.0269. The third kappa shape index (κ3) is 4.33. The largest absolute Gasteiger partial charge is 0.484 e. The maximum Gasteiger partial charge on any atom is 0.344 e. The van der Waals surface area contributed by atoms with Crippen molar-refractivity contribution in [1.82, 2.24) is 10.6 Å². The van der Waals surface area contributed by atoms with Crippen molar-refractivity contribution in [2.45, 2.75) is 57.7 Å². The van der Waals surface area contributed by atoms with Crippen molar-refractivity contribution in [3.63, 3.8) is 0 Å². The molecular formula is C24H28N2O4. The van der Waals surface area contributed by atoms with E-state index in [1.54, 1.807) is 18.2 Å². The average Bonchev–Trinajstić information content (AvgIpc) is 2.64. The molecule has 0 saturated carbocycles. The van der Waals surface area contributed by atoms with E-state index in [4.69, 9.17) is 9.15 Å². The van der Waals surface area contributed by atoms with Crippen LogP contribution in [0.1, 0.15) is 40.5 Å². The summed E-state index contributed by atoms with van der Waals surface area (Å²) in [7, 11) is 0. The molecule has 1 aliphatic rings. The molecule has 1 aliphatic heterocycles. The second-order valence-electron chi connectivity index (χ2n) is 9.45. The van der Waals surface area contributed by atoms with Gasteiger partial charge in [0.15, 0.2) is 6.61 Å². The van der Waals surface area contributed by atoms with Crippen molar-refractivity contribution >= 4 is 27.6 Å². The smallest absolute Gasteiger partial charge is 0.344 e. The Morgan fingerprint density at radius 2 is 1.73 bits per heavy atom. The number of fused-ring (bicyclic) bond motifs is 3. The molecule has 2 aromatic carbocycles. The fourth-order valence-corrected chi connectivity index (χ4v) is 4.79. The van der Waals surface area contributed by atoms with Crippen molar-refractivity contribution < 1.29 is 13.9 Å². The average molecular weight is 408 g/mol. The van der Waals surface area contributed by atoms with Crippen LogP contribution in [0.5, 0.6) is 5.75 Å². The number of benzene rings is 2. The van der Waals surface area contributed by atoms with Gasteiger partial charge in [-0.25, -0.2) is 4.79 Å². The van der Waals surface area contributed by atoms with Gasteiger partial charge in [-0.15, -0.1) is 0 Å². The first-order chi connectivity index (χ1) is 14.1. The Balaban J connectivity index is 1.45. The van der Waals surface area contributed by atoms with Crippen molar-refractivity contribution in [3.8, 4) is 5.75 Å². The SMILES string of the molecule is CC1(C)CC(NC(=O)COc2ccc3c(c2)oc(=O)c2ccccc23)CC(C)(C)N1. The second-order valence-corrected chi connectivity index (χ2v) is 9.45. The number of amides is 1. The van der Waals surface area contributed by atoms with Gasteiger partial charge in [0.2, 0.25) is 0 Å². The number of hydrogen-bond acceptors (Lipinski definition) is 5. The Morgan fingerprint density at radius 1 is 1.07 bits per heavy atom. The highest BCUT2D eigenvalue weighted by Crippen LogP contribution is 2.29. The zero-order valence-corrected chi connectivity index (χ0v) is 17.9. The van der Waals surface area contributed by atoms with Gasteiger partial charge in [0.05, 0.1) is 5.39 Å². The predicted octanol–water partition coefficient (Wildman–Crippen LogP) is 3.75. The molecule has 0 radical (unpaired) electrons. The van der Waals surface area contributed by atoms with Crippen molar-refractivity contribution in [1.29, 1.82) is 0 Å². The van der Waals surface area contributed by atoms with Crippen LogP contribution < -0.4 is 21.0 Å². The highest BCUT2D eigenvalue weighted by atomic mass is 16.5. The van der Waals surface area contributed by atoms with E-state index in [0.717, 1.165) is 23.6 Å². The summed E-state index contributed by atoms with van der Waals surface area (Å²) >= 11 is 0. The van der Waals surface area contributed by atoms with Crippen LogP contribution in [0, 0.1) is 0 Å². The third-order valence-electron chi connectivity index (χ3n) is 5.52. The minimum Gasteiger partial charge on any atom is -0.484 e. The zero-order chi connectivity index (χ0) is 21.5. The molecule has 1 amide bonds. The molecule has 2 heterocycles. The lowest BCUT2D eigenvalue weighted by Gasteiger charge is -2.46. The Morgan fingerprint density at radius 3 is 2.43 bits per heavy atom.